The molecular weight excluding hydrogens is 484 g/mol. The smallest absolute Gasteiger partial charge is 0.337 e. The van der Waals surface area contributed by atoms with Crippen molar-refractivity contribution in [2.24, 2.45) is 0 Å². The number of carbonyl (C=O) groups is 4. The number of imide groups is 2. The lowest BCUT2D eigenvalue weighted by atomic mass is 10.0. The van der Waals surface area contributed by atoms with Gasteiger partial charge in [0.2, 0.25) is 0 Å². The Morgan fingerprint density at radius 2 is 1.58 bits per heavy atom. The van der Waals surface area contributed by atoms with Gasteiger partial charge >= 0.3 is 12.0 Å². The highest BCUT2D eigenvalue weighted by molar-refractivity contribution is 6.39. The lowest BCUT2D eigenvalue weighted by Crippen LogP contribution is -2.54. The van der Waals surface area contributed by atoms with Gasteiger partial charge < -0.3 is 9.47 Å². The first-order chi connectivity index (χ1) is 18.5. The van der Waals surface area contributed by atoms with Crippen LogP contribution in [-0.4, -0.2) is 30.9 Å². The van der Waals surface area contributed by atoms with Crippen molar-refractivity contribution in [1.82, 2.24) is 5.32 Å². The predicted octanol–water partition coefficient (Wildman–Crippen LogP) is 4.87. The maximum absolute atomic E-state index is 13.3. The second kappa shape index (κ2) is 10.4. The van der Waals surface area contributed by atoms with E-state index in [4.69, 9.17) is 4.74 Å². The number of urea groups is 1. The van der Waals surface area contributed by atoms with Crippen LogP contribution in [0.1, 0.15) is 21.5 Å². The average molecular weight is 507 g/mol. The van der Waals surface area contributed by atoms with E-state index in [0.29, 0.717) is 11.3 Å². The fourth-order valence-electron chi connectivity index (χ4n) is 4.22. The summed E-state index contributed by atoms with van der Waals surface area (Å²) >= 11 is 0. The number of nitrogens with zero attached hydrogens (tertiary/aromatic N) is 1. The van der Waals surface area contributed by atoms with Crippen molar-refractivity contribution in [3.05, 3.63) is 113 Å². The number of anilines is 1. The summed E-state index contributed by atoms with van der Waals surface area (Å²) in [5.41, 5.74) is 1.71. The molecule has 1 N–H and O–H groups in total. The number of carbonyl (C=O) groups excluding carboxylic acids is 4. The molecule has 1 heterocycles. The normalized spacial score (nSPS) is 14.5. The van der Waals surface area contributed by atoms with Crippen LogP contribution in [0, 0.1) is 0 Å². The Bertz CT molecular complexity index is 1600. The van der Waals surface area contributed by atoms with Gasteiger partial charge in [0.25, 0.3) is 11.8 Å². The quantitative estimate of drug-likeness (QED) is 0.227. The van der Waals surface area contributed by atoms with E-state index < -0.39 is 23.8 Å². The third kappa shape index (κ3) is 4.75. The van der Waals surface area contributed by atoms with E-state index in [1.54, 1.807) is 24.3 Å². The van der Waals surface area contributed by atoms with Gasteiger partial charge in [-0.1, -0.05) is 60.7 Å². The van der Waals surface area contributed by atoms with Crippen LogP contribution in [0.15, 0.2) is 96.6 Å². The van der Waals surface area contributed by atoms with Crippen LogP contribution >= 0.6 is 0 Å². The monoisotopic (exact) mass is 506 g/mol. The molecule has 0 spiro atoms. The van der Waals surface area contributed by atoms with Crippen LogP contribution < -0.4 is 15.0 Å². The SMILES string of the molecule is COC(=O)c1ccc(N2C(=O)NC(=O)/C(=C\c3ccccc3OCc3cccc4ccccc34)C2=O)cc1. The number of esters is 1. The van der Waals surface area contributed by atoms with Gasteiger partial charge in [0.05, 0.1) is 18.4 Å². The zero-order valence-electron chi connectivity index (χ0n) is 20.3. The molecule has 188 valence electrons. The van der Waals surface area contributed by atoms with Gasteiger partial charge in [0.1, 0.15) is 17.9 Å². The minimum atomic E-state index is -0.886. The van der Waals surface area contributed by atoms with Crippen molar-refractivity contribution in [3.63, 3.8) is 0 Å². The highest BCUT2D eigenvalue weighted by Gasteiger charge is 2.37. The Hall–Kier alpha value is -5.24. The molecule has 0 atom stereocenters. The fourth-order valence-corrected chi connectivity index (χ4v) is 4.22. The molecule has 1 aliphatic heterocycles. The van der Waals surface area contributed by atoms with Gasteiger partial charge in [0, 0.05) is 5.56 Å². The summed E-state index contributed by atoms with van der Waals surface area (Å²) in [5.74, 6) is -1.69. The Morgan fingerprint density at radius 1 is 0.868 bits per heavy atom. The largest absolute Gasteiger partial charge is 0.488 e. The molecule has 0 saturated carbocycles. The summed E-state index contributed by atoms with van der Waals surface area (Å²) in [7, 11) is 1.25. The zero-order valence-corrected chi connectivity index (χ0v) is 20.3. The molecule has 1 aliphatic rings. The minimum absolute atomic E-state index is 0.194. The van der Waals surface area contributed by atoms with Crippen LogP contribution in [0.4, 0.5) is 10.5 Å². The second-order valence-electron chi connectivity index (χ2n) is 8.46. The number of amides is 4. The lowest BCUT2D eigenvalue weighted by molar-refractivity contribution is -0.122. The maximum atomic E-state index is 13.3. The zero-order chi connectivity index (χ0) is 26.6. The molecular formula is C30H22N2O6. The van der Waals surface area contributed by atoms with Gasteiger partial charge in [-0.3, -0.25) is 14.9 Å². The Balaban J connectivity index is 1.43. The first-order valence-electron chi connectivity index (χ1n) is 11.7. The van der Waals surface area contributed by atoms with Crippen molar-refractivity contribution in [2.75, 3.05) is 12.0 Å². The van der Waals surface area contributed by atoms with E-state index in [9.17, 15) is 19.2 Å². The van der Waals surface area contributed by atoms with E-state index >= 15 is 0 Å². The number of fused-ring (bicyclic) bond motifs is 1. The standard InChI is InChI=1S/C30H22N2O6/c1-37-29(35)20-13-15-23(16-14-20)32-28(34)25(27(33)31-30(32)36)17-21-8-3-5-12-26(21)38-18-22-10-6-9-19-7-2-4-11-24(19)22/h2-17H,18H2,1H3,(H,31,33,36)/b25-17+. The third-order valence-electron chi connectivity index (χ3n) is 6.13. The molecule has 0 unspecified atom stereocenters. The van der Waals surface area contributed by atoms with Gasteiger partial charge in [-0.2, -0.15) is 0 Å². The van der Waals surface area contributed by atoms with Crippen LogP contribution in [0.3, 0.4) is 0 Å². The van der Waals surface area contributed by atoms with Gasteiger partial charge in [-0.25, -0.2) is 14.5 Å². The number of nitrogens with one attached hydrogen (secondary N) is 1. The maximum Gasteiger partial charge on any atom is 0.337 e. The number of ether oxygens (including phenoxy) is 2. The molecule has 0 aromatic heterocycles. The number of barbiturate groups is 1. The van der Waals surface area contributed by atoms with Crippen LogP contribution in [0.5, 0.6) is 5.75 Å². The van der Waals surface area contributed by atoms with Crippen molar-refractivity contribution in [1.29, 1.82) is 0 Å². The van der Waals surface area contributed by atoms with E-state index in [1.807, 2.05) is 42.5 Å². The molecule has 0 radical (unpaired) electrons. The average Bonchev–Trinajstić information content (AvgIpc) is 2.94. The third-order valence-corrected chi connectivity index (χ3v) is 6.13. The Morgan fingerprint density at radius 3 is 2.37 bits per heavy atom. The fraction of sp³-hybridized carbons (Fsp3) is 0.0667. The van der Waals surface area contributed by atoms with Crippen LogP contribution in [0.25, 0.3) is 16.8 Å². The summed E-state index contributed by atoms with van der Waals surface area (Å²) in [6.07, 6.45) is 1.40. The molecule has 8 heteroatoms. The molecule has 4 aromatic rings. The number of rotatable bonds is 6. The molecule has 0 aliphatic carbocycles. The van der Waals surface area contributed by atoms with Crippen LogP contribution in [-0.2, 0) is 20.9 Å². The highest BCUT2D eigenvalue weighted by Crippen LogP contribution is 2.27. The molecule has 38 heavy (non-hydrogen) atoms. The summed E-state index contributed by atoms with van der Waals surface area (Å²) < 4.78 is 10.8. The number of benzene rings is 4. The number of para-hydroxylation sites is 1. The van der Waals surface area contributed by atoms with Crippen molar-refractivity contribution < 1.29 is 28.7 Å². The van der Waals surface area contributed by atoms with Crippen molar-refractivity contribution in [3.8, 4) is 5.75 Å². The van der Waals surface area contributed by atoms with E-state index in [2.05, 4.69) is 10.1 Å². The van der Waals surface area contributed by atoms with Crippen molar-refractivity contribution in [2.45, 2.75) is 6.61 Å². The van der Waals surface area contributed by atoms with Crippen molar-refractivity contribution >= 4 is 46.4 Å². The molecule has 4 amide bonds. The summed E-state index contributed by atoms with van der Waals surface area (Å²) in [4.78, 5) is 51.1. The molecule has 8 nitrogen and oxygen atoms in total. The topological polar surface area (TPSA) is 102 Å². The summed E-state index contributed by atoms with van der Waals surface area (Å²) in [6, 6.07) is 25.8. The van der Waals surface area contributed by atoms with Gasteiger partial charge in [-0.05, 0) is 52.7 Å². The molecule has 1 fully saturated rings. The highest BCUT2D eigenvalue weighted by atomic mass is 16.5. The predicted molar refractivity (Wildman–Crippen MR) is 142 cm³/mol. The first-order valence-corrected chi connectivity index (χ1v) is 11.7. The molecule has 5 rings (SSSR count). The molecule has 0 bridgehead atoms. The first kappa shape index (κ1) is 24.5. The Kier molecular flexibility index (Phi) is 6.69. The van der Waals surface area contributed by atoms with Gasteiger partial charge in [-0.15, -0.1) is 0 Å². The molecule has 4 aromatic carbocycles. The second-order valence-corrected chi connectivity index (χ2v) is 8.46. The Labute approximate surface area is 218 Å². The van der Waals surface area contributed by atoms with Crippen LogP contribution in [0.2, 0.25) is 0 Å². The lowest BCUT2D eigenvalue weighted by Gasteiger charge is -2.26. The minimum Gasteiger partial charge on any atom is -0.488 e. The number of hydrogen-bond donors (Lipinski definition) is 1. The number of methoxy groups -OCH3 is 1. The van der Waals surface area contributed by atoms with E-state index in [0.717, 1.165) is 21.2 Å². The summed E-state index contributed by atoms with van der Waals surface area (Å²) in [6.45, 7) is 0.277. The van der Waals surface area contributed by atoms with E-state index in [-0.39, 0.29) is 23.4 Å². The summed E-state index contributed by atoms with van der Waals surface area (Å²) in [5, 5.41) is 4.37. The van der Waals surface area contributed by atoms with E-state index in [1.165, 1.54) is 37.5 Å². The molecule has 1 saturated heterocycles. The number of hydrogen-bond acceptors (Lipinski definition) is 6. The van der Waals surface area contributed by atoms with Gasteiger partial charge in [0.15, 0.2) is 0 Å².